The van der Waals surface area contributed by atoms with Crippen LogP contribution in [0.15, 0.2) is 37.1 Å². The summed E-state index contributed by atoms with van der Waals surface area (Å²) >= 11 is 5.73. The fourth-order valence-corrected chi connectivity index (χ4v) is 2.14. The maximum absolute atomic E-state index is 12.0. The second-order valence-corrected chi connectivity index (χ2v) is 5.35. The Morgan fingerprint density at radius 1 is 1.43 bits per heavy atom. The lowest BCUT2D eigenvalue weighted by molar-refractivity contribution is -0.129. The van der Waals surface area contributed by atoms with Crippen LogP contribution in [0.25, 0.3) is 0 Å². The molecule has 0 fully saturated rings. The van der Waals surface area contributed by atoms with Crippen molar-refractivity contribution in [1.29, 1.82) is 0 Å². The van der Waals surface area contributed by atoms with Gasteiger partial charge in [-0.25, -0.2) is 9.97 Å². The highest BCUT2D eigenvalue weighted by Gasteiger charge is 2.08. The Bertz CT molecular complexity index is 554. The van der Waals surface area contributed by atoms with Gasteiger partial charge in [0, 0.05) is 45.1 Å². The van der Waals surface area contributed by atoms with Crippen LogP contribution in [-0.2, 0) is 17.8 Å². The highest BCUT2D eigenvalue weighted by atomic mass is 35.5. The highest BCUT2D eigenvalue weighted by Crippen LogP contribution is 2.08. The van der Waals surface area contributed by atoms with E-state index in [-0.39, 0.29) is 5.91 Å². The Hall–Kier alpha value is -1.88. The van der Waals surface area contributed by atoms with Crippen LogP contribution in [0, 0.1) is 0 Å². The minimum atomic E-state index is 0.149. The average molecular weight is 307 g/mol. The number of aryl methyl sites for hydroxylation is 2. The molecule has 2 rings (SSSR count). The summed E-state index contributed by atoms with van der Waals surface area (Å²) in [6.07, 6.45) is 9.29. The third kappa shape index (κ3) is 5.19. The van der Waals surface area contributed by atoms with E-state index >= 15 is 0 Å². The molecule has 112 valence electrons. The molecule has 0 bridgehead atoms. The summed E-state index contributed by atoms with van der Waals surface area (Å²) in [5, 5.41) is 0.474. The maximum Gasteiger partial charge on any atom is 0.222 e. The molecule has 5 nitrogen and oxygen atoms in total. The van der Waals surface area contributed by atoms with Gasteiger partial charge in [-0.15, -0.1) is 0 Å². The molecule has 0 radical (unpaired) electrons. The largest absolute Gasteiger partial charge is 0.346 e. The molecule has 0 N–H and O–H groups in total. The van der Waals surface area contributed by atoms with E-state index in [9.17, 15) is 4.79 Å². The molecule has 2 heterocycles. The van der Waals surface area contributed by atoms with Crippen molar-refractivity contribution in [3.05, 3.63) is 47.8 Å². The molecule has 0 spiro atoms. The van der Waals surface area contributed by atoms with Gasteiger partial charge in [0.05, 0.1) is 6.33 Å². The standard InChI is InChI=1S/C15H19ClN4O/c1-19(8-2-9-20-10-7-17-12-20)15(21)6-4-13-3-5-14(16)18-11-13/h3,5,7,10-12H,2,4,6,8-9H2,1H3. The second-order valence-electron chi connectivity index (χ2n) is 4.96. The van der Waals surface area contributed by atoms with Crippen LogP contribution in [-0.4, -0.2) is 38.9 Å². The van der Waals surface area contributed by atoms with Crippen LogP contribution < -0.4 is 0 Å². The van der Waals surface area contributed by atoms with Gasteiger partial charge in [-0.05, 0) is 24.5 Å². The van der Waals surface area contributed by atoms with Crippen molar-refractivity contribution in [2.75, 3.05) is 13.6 Å². The Kier molecular flexibility index (Phi) is 5.75. The minimum Gasteiger partial charge on any atom is -0.346 e. The summed E-state index contributed by atoms with van der Waals surface area (Å²) in [5.74, 6) is 0.149. The van der Waals surface area contributed by atoms with Crippen molar-refractivity contribution in [3.63, 3.8) is 0 Å². The highest BCUT2D eigenvalue weighted by molar-refractivity contribution is 6.29. The molecule has 0 atom stereocenters. The molecule has 2 aromatic rings. The molecule has 0 aliphatic carbocycles. The van der Waals surface area contributed by atoms with E-state index in [1.807, 2.05) is 23.9 Å². The molecule has 2 aromatic heterocycles. The first kappa shape index (κ1) is 15.5. The van der Waals surface area contributed by atoms with Crippen LogP contribution in [0.3, 0.4) is 0 Å². The van der Waals surface area contributed by atoms with Crippen LogP contribution >= 0.6 is 11.6 Å². The zero-order valence-electron chi connectivity index (χ0n) is 12.1. The van der Waals surface area contributed by atoms with E-state index in [1.165, 1.54) is 0 Å². The van der Waals surface area contributed by atoms with Gasteiger partial charge in [0.25, 0.3) is 0 Å². The zero-order valence-corrected chi connectivity index (χ0v) is 12.8. The van der Waals surface area contributed by atoms with Crippen molar-refractivity contribution in [2.45, 2.75) is 25.8 Å². The Morgan fingerprint density at radius 3 is 2.95 bits per heavy atom. The molecule has 1 amide bonds. The van der Waals surface area contributed by atoms with Gasteiger partial charge >= 0.3 is 0 Å². The number of carbonyl (C=O) groups excluding carboxylic acids is 1. The topological polar surface area (TPSA) is 51.0 Å². The normalized spacial score (nSPS) is 10.6. The van der Waals surface area contributed by atoms with Gasteiger partial charge in [0.2, 0.25) is 5.91 Å². The lowest BCUT2D eigenvalue weighted by Gasteiger charge is -2.17. The van der Waals surface area contributed by atoms with Gasteiger partial charge in [0.1, 0.15) is 5.15 Å². The molecule has 0 saturated heterocycles. The number of imidazole rings is 1. The molecular weight excluding hydrogens is 288 g/mol. The minimum absolute atomic E-state index is 0.149. The first-order chi connectivity index (χ1) is 10.1. The van der Waals surface area contributed by atoms with Crippen molar-refractivity contribution in [3.8, 4) is 0 Å². The zero-order chi connectivity index (χ0) is 15.1. The van der Waals surface area contributed by atoms with E-state index in [4.69, 9.17) is 11.6 Å². The fraction of sp³-hybridized carbons (Fsp3) is 0.400. The Balaban J connectivity index is 1.68. The third-order valence-electron chi connectivity index (χ3n) is 3.31. The molecule has 21 heavy (non-hydrogen) atoms. The maximum atomic E-state index is 12.0. The molecule has 0 saturated carbocycles. The molecule has 6 heteroatoms. The van der Waals surface area contributed by atoms with E-state index in [0.717, 1.165) is 25.1 Å². The predicted octanol–water partition coefficient (Wildman–Crippen LogP) is 2.41. The van der Waals surface area contributed by atoms with Crippen LogP contribution in [0.1, 0.15) is 18.4 Å². The second kappa shape index (κ2) is 7.78. The van der Waals surface area contributed by atoms with Crippen molar-refractivity contribution >= 4 is 17.5 Å². The number of halogens is 1. The van der Waals surface area contributed by atoms with Crippen molar-refractivity contribution < 1.29 is 4.79 Å². The number of rotatable bonds is 7. The summed E-state index contributed by atoms with van der Waals surface area (Å²) in [6.45, 7) is 1.62. The number of nitrogens with zero attached hydrogens (tertiary/aromatic N) is 4. The smallest absolute Gasteiger partial charge is 0.222 e. The van der Waals surface area contributed by atoms with E-state index in [0.29, 0.717) is 18.0 Å². The Morgan fingerprint density at radius 2 is 2.29 bits per heavy atom. The molecule has 0 aliphatic rings. The summed E-state index contributed by atoms with van der Waals surface area (Å²) in [7, 11) is 1.84. The van der Waals surface area contributed by atoms with E-state index in [1.54, 1.807) is 29.7 Å². The van der Waals surface area contributed by atoms with Gasteiger partial charge in [-0.3, -0.25) is 4.79 Å². The van der Waals surface area contributed by atoms with E-state index in [2.05, 4.69) is 9.97 Å². The van der Waals surface area contributed by atoms with Gasteiger partial charge in [-0.1, -0.05) is 17.7 Å². The lowest BCUT2D eigenvalue weighted by Crippen LogP contribution is -2.28. The number of hydrogen-bond donors (Lipinski definition) is 0. The first-order valence-corrected chi connectivity index (χ1v) is 7.33. The molecule has 0 unspecified atom stereocenters. The summed E-state index contributed by atoms with van der Waals surface area (Å²) in [6, 6.07) is 3.65. The lowest BCUT2D eigenvalue weighted by atomic mass is 10.1. The average Bonchev–Trinajstić information content (AvgIpc) is 2.99. The van der Waals surface area contributed by atoms with Gasteiger partial charge < -0.3 is 9.47 Å². The monoisotopic (exact) mass is 306 g/mol. The number of hydrogen-bond acceptors (Lipinski definition) is 3. The molecule has 0 aliphatic heterocycles. The quantitative estimate of drug-likeness (QED) is 0.738. The predicted molar refractivity (Wildman–Crippen MR) is 82.0 cm³/mol. The van der Waals surface area contributed by atoms with Crippen LogP contribution in [0.2, 0.25) is 5.15 Å². The number of carbonyl (C=O) groups is 1. The van der Waals surface area contributed by atoms with Gasteiger partial charge in [0.15, 0.2) is 0 Å². The van der Waals surface area contributed by atoms with Crippen LogP contribution in [0.4, 0.5) is 0 Å². The SMILES string of the molecule is CN(CCCn1ccnc1)C(=O)CCc1ccc(Cl)nc1. The number of pyridine rings is 1. The van der Waals surface area contributed by atoms with Crippen molar-refractivity contribution in [1.82, 2.24) is 19.4 Å². The first-order valence-electron chi connectivity index (χ1n) is 6.95. The summed E-state index contributed by atoms with van der Waals surface area (Å²) in [5.41, 5.74) is 1.03. The molecule has 0 aromatic carbocycles. The van der Waals surface area contributed by atoms with E-state index < -0.39 is 0 Å². The fourth-order valence-electron chi connectivity index (χ4n) is 2.03. The Labute approximate surface area is 129 Å². The summed E-state index contributed by atoms with van der Waals surface area (Å²) in [4.78, 5) is 21.8. The van der Waals surface area contributed by atoms with Gasteiger partial charge in [-0.2, -0.15) is 0 Å². The molecular formula is C15H19ClN4O. The number of aromatic nitrogens is 3. The number of amides is 1. The van der Waals surface area contributed by atoms with Crippen molar-refractivity contribution in [2.24, 2.45) is 0 Å². The summed E-state index contributed by atoms with van der Waals surface area (Å²) < 4.78 is 2.01. The third-order valence-corrected chi connectivity index (χ3v) is 3.53. The van der Waals surface area contributed by atoms with Crippen LogP contribution in [0.5, 0.6) is 0 Å².